The van der Waals surface area contributed by atoms with Gasteiger partial charge in [0.05, 0.1) is 10.4 Å². The Morgan fingerprint density at radius 3 is 2.55 bits per heavy atom. The highest BCUT2D eigenvalue weighted by Crippen LogP contribution is 2.21. The first-order valence-corrected chi connectivity index (χ1v) is 8.06. The summed E-state index contributed by atoms with van der Waals surface area (Å²) in [5.41, 5.74) is 3.22. The molecule has 0 amide bonds. The maximum atomic E-state index is 12.4. The van der Waals surface area contributed by atoms with Crippen LogP contribution in [-0.2, 0) is 10.0 Å². The molecule has 1 heterocycles. The van der Waals surface area contributed by atoms with E-state index in [1.807, 2.05) is 19.9 Å². The third-order valence-electron chi connectivity index (χ3n) is 3.46. The number of aromatic amines is 1. The molecule has 0 bridgehead atoms. The highest BCUT2D eigenvalue weighted by atomic mass is 32.2. The maximum absolute atomic E-state index is 12.4. The summed E-state index contributed by atoms with van der Waals surface area (Å²) in [6.07, 6.45) is 0. The van der Waals surface area contributed by atoms with Crippen molar-refractivity contribution in [1.29, 1.82) is 0 Å². The summed E-state index contributed by atoms with van der Waals surface area (Å²) in [6.45, 7) is 3.87. The lowest BCUT2D eigenvalue weighted by molar-refractivity contribution is 0.555. The molecule has 1 aromatic heterocycles. The minimum absolute atomic E-state index is 0.0512. The first-order chi connectivity index (χ1) is 10.3. The highest BCUT2D eigenvalue weighted by molar-refractivity contribution is 7.92. The predicted octanol–water partition coefficient (Wildman–Crippen LogP) is 2.54. The van der Waals surface area contributed by atoms with Crippen LogP contribution in [0.1, 0.15) is 11.1 Å². The number of sulfonamides is 1. The van der Waals surface area contributed by atoms with E-state index in [9.17, 15) is 13.2 Å². The number of nitrogens with one attached hydrogen (secondary N) is 2. The van der Waals surface area contributed by atoms with Crippen molar-refractivity contribution >= 4 is 26.8 Å². The number of fused-ring (bicyclic) bond motifs is 1. The van der Waals surface area contributed by atoms with Crippen LogP contribution in [0.25, 0.3) is 11.1 Å². The zero-order chi connectivity index (χ0) is 15.9. The Kier molecular flexibility index (Phi) is 3.29. The minimum Gasteiger partial charge on any atom is -0.408 e. The molecule has 0 fully saturated rings. The van der Waals surface area contributed by atoms with Crippen molar-refractivity contribution in [2.24, 2.45) is 0 Å². The average molecular weight is 318 g/mol. The molecule has 114 valence electrons. The van der Waals surface area contributed by atoms with Gasteiger partial charge in [0, 0.05) is 5.69 Å². The summed E-state index contributed by atoms with van der Waals surface area (Å²) in [5.74, 6) is -0.619. The maximum Gasteiger partial charge on any atom is 0.417 e. The number of hydrogen-bond donors (Lipinski definition) is 2. The molecule has 2 aromatic carbocycles. The normalized spacial score (nSPS) is 11.7. The summed E-state index contributed by atoms with van der Waals surface area (Å²) in [6, 6.07) is 9.53. The second kappa shape index (κ2) is 5.03. The second-order valence-corrected chi connectivity index (χ2v) is 6.76. The summed E-state index contributed by atoms with van der Waals surface area (Å²) < 4.78 is 32.2. The van der Waals surface area contributed by atoms with Crippen molar-refractivity contribution in [2.45, 2.75) is 18.7 Å². The second-order valence-electron chi connectivity index (χ2n) is 5.08. The van der Waals surface area contributed by atoms with Gasteiger partial charge >= 0.3 is 5.76 Å². The molecule has 0 saturated heterocycles. The van der Waals surface area contributed by atoms with Crippen LogP contribution in [0.2, 0.25) is 0 Å². The van der Waals surface area contributed by atoms with Gasteiger partial charge in [0.15, 0.2) is 5.58 Å². The fraction of sp³-hybridized carbons (Fsp3) is 0.133. The topological polar surface area (TPSA) is 92.2 Å². The van der Waals surface area contributed by atoms with Crippen LogP contribution in [0, 0.1) is 13.8 Å². The molecule has 3 rings (SSSR count). The van der Waals surface area contributed by atoms with Gasteiger partial charge in [-0.15, -0.1) is 0 Å². The van der Waals surface area contributed by atoms with Crippen molar-refractivity contribution in [3.8, 4) is 0 Å². The molecule has 2 N–H and O–H groups in total. The number of hydrogen-bond acceptors (Lipinski definition) is 4. The van der Waals surface area contributed by atoms with Crippen LogP contribution in [0.15, 0.2) is 50.5 Å². The molecule has 0 saturated carbocycles. The number of H-pyrrole nitrogens is 1. The molecule has 7 heteroatoms. The van der Waals surface area contributed by atoms with Crippen LogP contribution in [0.5, 0.6) is 0 Å². The Hall–Kier alpha value is -2.54. The van der Waals surface area contributed by atoms with Crippen molar-refractivity contribution in [3.63, 3.8) is 0 Å². The van der Waals surface area contributed by atoms with Gasteiger partial charge in [-0.2, -0.15) is 0 Å². The van der Waals surface area contributed by atoms with Crippen molar-refractivity contribution < 1.29 is 12.8 Å². The van der Waals surface area contributed by atoms with Gasteiger partial charge in [-0.05, 0) is 55.3 Å². The van der Waals surface area contributed by atoms with E-state index in [0.29, 0.717) is 16.8 Å². The lowest BCUT2D eigenvalue weighted by Crippen LogP contribution is -2.13. The molecule has 0 unspecified atom stereocenters. The molecule has 0 aliphatic heterocycles. The zero-order valence-electron chi connectivity index (χ0n) is 12.0. The number of oxazole rings is 1. The number of rotatable bonds is 3. The van der Waals surface area contributed by atoms with E-state index < -0.39 is 15.8 Å². The number of benzene rings is 2. The van der Waals surface area contributed by atoms with Crippen LogP contribution in [0.3, 0.4) is 0 Å². The van der Waals surface area contributed by atoms with Gasteiger partial charge in [0.2, 0.25) is 0 Å². The fourth-order valence-electron chi connectivity index (χ4n) is 2.12. The first-order valence-electron chi connectivity index (χ1n) is 6.58. The Balaban J connectivity index is 1.99. The van der Waals surface area contributed by atoms with Gasteiger partial charge in [-0.1, -0.05) is 6.07 Å². The zero-order valence-corrected chi connectivity index (χ0v) is 12.8. The quantitative estimate of drug-likeness (QED) is 0.776. The van der Waals surface area contributed by atoms with E-state index in [4.69, 9.17) is 4.42 Å². The summed E-state index contributed by atoms with van der Waals surface area (Å²) >= 11 is 0. The van der Waals surface area contributed by atoms with E-state index in [-0.39, 0.29) is 4.90 Å². The smallest absolute Gasteiger partial charge is 0.408 e. The molecule has 0 aliphatic carbocycles. The molecule has 0 aliphatic rings. The van der Waals surface area contributed by atoms with Gasteiger partial charge < -0.3 is 4.42 Å². The molecule has 0 atom stereocenters. The fourth-order valence-corrected chi connectivity index (χ4v) is 3.19. The standard InChI is InChI=1S/C15H14N2O4S/c1-9-3-4-11(7-10(9)2)17-22(19,20)12-5-6-14-13(8-12)16-15(18)21-14/h3-8,17H,1-2H3,(H,16,18). The molecule has 6 nitrogen and oxygen atoms in total. The Bertz CT molecular complexity index is 1020. The predicted molar refractivity (Wildman–Crippen MR) is 83.6 cm³/mol. The number of aromatic nitrogens is 1. The van der Waals surface area contributed by atoms with Crippen LogP contribution >= 0.6 is 0 Å². The van der Waals surface area contributed by atoms with E-state index in [1.54, 1.807) is 12.1 Å². The van der Waals surface area contributed by atoms with Crippen LogP contribution in [0.4, 0.5) is 5.69 Å². The van der Waals surface area contributed by atoms with Gasteiger partial charge in [0.1, 0.15) is 0 Å². The van der Waals surface area contributed by atoms with E-state index >= 15 is 0 Å². The molecule has 0 spiro atoms. The van der Waals surface area contributed by atoms with E-state index in [2.05, 4.69) is 9.71 Å². The van der Waals surface area contributed by atoms with Crippen molar-refractivity contribution in [2.75, 3.05) is 4.72 Å². The molecule has 3 aromatic rings. The van der Waals surface area contributed by atoms with Crippen molar-refractivity contribution in [3.05, 3.63) is 58.1 Å². The summed E-state index contributed by atoms with van der Waals surface area (Å²) in [4.78, 5) is 13.6. The molecular weight excluding hydrogens is 304 g/mol. The van der Waals surface area contributed by atoms with Crippen molar-refractivity contribution in [1.82, 2.24) is 4.98 Å². The van der Waals surface area contributed by atoms with Crippen LogP contribution < -0.4 is 10.5 Å². The van der Waals surface area contributed by atoms with Gasteiger partial charge in [-0.25, -0.2) is 13.2 Å². The summed E-state index contributed by atoms with van der Waals surface area (Å²) in [7, 11) is -3.74. The Morgan fingerprint density at radius 1 is 1.05 bits per heavy atom. The summed E-state index contributed by atoms with van der Waals surface area (Å²) in [5, 5.41) is 0. The molecule has 22 heavy (non-hydrogen) atoms. The lowest BCUT2D eigenvalue weighted by Gasteiger charge is -2.09. The SMILES string of the molecule is Cc1ccc(NS(=O)(=O)c2ccc3oc(=O)[nH]c3c2)cc1C. The van der Waals surface area contributed by atoms with E-state index in [1.165, 1.54) is 18.2 Å². The first kappa shape index (κ1) is 14.4. The molecule has 0 radical (unpaired) electrons. The largest absolute Gasteiger partial charge is 0.417 e. The highest BCUT2D eigenvalue weighted by Gasteiger charge is 2.16. The Morgan fingerprint density at radius 2 is 1.82 bits per heavy atom. The third-order valence-corrected chi connectivity index (χ3v) is 4.84. The van der Waals surface area contributed by atoms with Crippen LogP contribution in [-0.4, -0.2) is 13.4 Å². The number of aryl methyl sites for hydroxylation is 2. The van der Waals surface area contributed by atoms with E-state index in [0.717, 1.165) is 11.1 Å². The molecular formula is C15H14N2O4S. The van der Waals surface area contributed by atoms with Gasteiger partial charge in [0.25, 0.3) is 10.0 Å². The minimum atomic E-state index is -3.74. The number of anilines is 1. The third kappa shape index (κ3) is 2.62. The van der Waals surface area contributed by atoms with Gasteiger partial charge in [-0.3, -0.25) is 9.71 Å². The average Bonchev–Trinajstić information content (AvgIpc) is 2.81. The Labute approximate surface area is 126 Å². The lowest BCUT2D eigenvalue weighted by atomic mass is 10.1. The monoisotopic (exact) mass is 318 g/mol.